The van der Waals surface area contributed by atoms with Crippen LogP contribution < -0.4 is 10.1 Å². The third-order valence-corrected chi connectivity index (χ3v) is 3.28. The third kappa shape index (κ3) is 2.14. The molecule has 2 nitrogen and oxygen atoms in total. The van der Waals surface area contributed by atoms with Crippen molar-refractivity contribution in [3.8, 4) is 5.75 Å². The van der Waals surface area contributed by atoms with E-state index in [1.165, 1.54) is 6.07 Å². The number of rotatable bonds is 1. The summed E-state index contributed by atoms with van der Waals surface area (Å²) in [5, 5.41) is 3.27. The van der Waals surface area contributed by atoms with Gasteiger partial charge in [-0.25, -0.2) is 8.78 Å². The van der Waals surface area contributed by atoms with Gasteiger partial charge in [-0.3, -0.25) is 0 Å². The zero-order chi connectivity index (χ0) is 13.4. The summed E-state index contributed by atoms with van der Waals surface area (Å²) in [6, 6.07) is 9.62. The monoisotopic (exact) mass is 261 g/mol. The van der Waals surface area contributed by atoms with Gasteiger partial charge in [0.2, 0.25) is 0 Å². The summed E-state index contributed by atoms with van der Waals surface area (Å²) in [5.74, 6) is -0.958. The van der Waals surface area contributed by atoms with Crippen LogP contribution in [-0.4, -0.2) is 6.54 Å². The normalized spacial score (nSPS) is 17.3. The minimum atomic E-state index is -0.851. The van der Waals surface area contributed by atoms with Crippen LogP contribution in [0.1, 0.15) is 17.2 Å². The highest BCUT2D eigenvalue weighted by molar-refractivity contribution is 5.63. The number of ether oxygens (including phenoxy) is 1. The molecule has 0 saturated carbocycles. The second-order valence-electron chi connectivity index (χ2n) is 4.61. The highest BCUT2D eigenvalue weighted by Crippen LogP contribution is 2.36. The Hall–Kier alpha value is -2.10. The number of fused-ring (bicyclic) bond motifs is 1. The molecular formula is C15H13F2NO. The van der Waals surface area contributed by atoms with Crippen LogP contribution in [0.4, 0.5) is 14.5 Å². The molecule has 4 heteroatoms. The van der Waals surface area contributed by atoms with E-state index in [0.717, 1.165) is 23.1 Å². The average molecular weight is 261 g/mol. The first-order valence-electron chi connectivity index (χ1n) is 6.10. The van der Waals surface area contributed by atoms with Gasteiger partial charge < -0.3 is 10.1 Å². The molecule has 2 aromatic rings. The fourth-order valence-electron chi connectivity index (χ4n) is 2.25. The van der Waals surface area contributed by atoms with Crippen LogP contribution in [0.25, 0.3) is 0 Å². The van der Waals surface area contributed by atoms with Crippen LogP contribution in [0.15, 0.2) is 36.4 Å². The second kappa shape index (κ2) is 4.53. The van der Waals surface area contributed by atoms with Crippen molar-refractivity contribution in [1.82, 2.24) is 0 Å². The maximum absolute atomic E-state index is 13.2. The molecule has 19 heavy (non-hydrogen) atoms. The van der Waals surface area contributed by atoms with Crippen molar-refractivity contribution in [3.63, 3.8) is 0 Å². The van der Waals surface area contributed by atoms with Crippen LogP contribution in [0, 0.1) is 18.6 Å². The van der Waals surface area contributed by atoms with Crippen LogP contribution >= 0.6 is 0 Å². The van der Waals surface area contributed by atoms with Crippen LogP contribution in [0.5, 0.6) is 5.75 Å². The summed E-state index contributed by atoms with van der Waals surface area (Å²) in [7, 11) is 0. The van der Waals surface area contributed by atoms with E-state index in [2.05, 4.69) is 5.32 Å². The number of para-hydroxylation sites is 1. The standard InChI is InChI=1S/C15H13F2NO/c1-9-3-2-4-13-15(9)18-8-14(19-13)10-5-6-11(16)12(17)7-10/h2-7,14,18H,8H2,1H3. The molecule has 1 unspecified atom stereocenters. The van der Waals surface area contributed by atoms with Crippen molar-refractivity contribution < 1.29 is 13.5 Å². The number of anilines is 1. The molecule has 1 aliphatic rings. The molecule has 1 N–H and O–H groups in total. The molecule has 1 aliphatic heterocycles. The summed E-state index contributed by atoms with van der Waals surface area (Å²) in [4.78, 5) is 0. The fourth-order valence-corrected chi connectivity index (χ4v) is 2.25. The van der Waals surface area contributed by atoms with Crippen molar-refractivity contribution in [2.45, 2.75) is 13.0 Å². The Bertz CT molecular complexity index is 628. The Balaban J connectivity index is 1.91. The van der Waals surface area contributed by atoms with E-state index in [0.29, 0.717) is 12.1 Å². The number of benzene rings is 2. The summed E-state index contributed by atoms with van der Waals surface area (Å²) in [6.45, 7) is 2.52. The molecule has 1 atom stereocenters. The number of aryl methyl sites for hydroxylation is 1. The zero-order valence-corrected chi connectivity index (χ0v) is 10.4. The SMILES string of the molecule is Cc1cccc2c1NCC(c1ccc(F)c(F)c1)O2. The predicted octanol–water partition coefficient (Wildman–Crippen LogP) is 3.82. The fraction of sp³-hybridized carbons (Fsp3) is 0.200. The van der Waals surface area contributed by atoms with Gasteiger partial charge in [0.25, 0.3) is 0 Å². The van der Waals surface area contributed by atoms with E-state index in [-0.39, 0.29) is 6.10 Å². The van der Waals surface area contributed by atoms with Crippen LogP contribution in [0.3, 0.4) is 0 Å². The lowest BCUT2D eigenvalue weighted by Gasteiger charge is -2.28. The van der Waals surface area contributed by atoms with Gasteiger partial charge in [-0.2, -0.15) is 0 Å². The van der Waals surface area contributed by atoms with Crippen molar-refractivity contribution in [2.75, 3.05) is 11.9 Å². The van der Waals surface area contributed by atoms with E-state index < -0.39 is 11.6 Å². The Morgan fingerprint density at radius 3 is 2.79 bits per heavy atom. The van der Waals surface area contributed by atoms with Gasteiger partial charge in [0.05, 0.1) is 12.2 Å². The number of nitrogens with one attached hydrogen (secondary N) is 1. The Morgan fingerprint density at radius 1 is 1.16 bits per heavy atom. The van der Waals surface area contributed by atoms with Gasteiger partial charge in [0, 0.05) is 0 Å². The van der Waals surface area contributed by atoms with Crippen molar-refractivity contribution in [2.24, 2.45) is 0 Å². The van der Waals surface area contributed by atoms with E-state index in [4.69, 9.17) is 4.74 Å². The molecule has 0 aromatic heterocycles. The summed E-state index contributed by atoms with van der Waals surface area (Å²) < 4.78 is 32.0. The molecule has 98 valence electrons. The van der Waals surface area contributed by atoms with Gasteiger partial charge in [0.15, 0.2) is 11.6 Å². The summed E-state index contributed by atoms with van der Waals surface area (Å²) >= 11 is 0. The summed E-state index contributed by atoms with van der Waals surface area (Å²) in [5.41, 5.74) is 2.68. The largest absolute Gasteiger partial charge is 0.482 e. The molecular weight excluding hydrogens is 248 g/mol. The molecule has 1 heterocycles. The minimum absolute atomic E-state index is 0.315. The van der Waals surface area contributed by atoms with Crippen molar-refractivity contribution in [3.05, 3.63) is 59.2 Å². The highest BCUT2D eigenvalue weighted by Gasteiger charge is 2.22. The van der Waals surface area contributed by atoms with Crippen LogP contribution in [0.2, 0.25) is 0 Å². The van der Waals surface area contributed by atoms with Gasteiger partial charge in [0.1, 0.15) is 11.9 Å². The van der Waals surface area contributed by atoms with Crippen molar-refractivity contribution in [1.29, 1.82) is 0 Å². The molecule has 0 fully saturated rings. The lowest BCUT2D eigenvalue weighted by Crippen LogP contribution is -2.24. The summed E-state index contributed by atoms with van der Waals surface area (Å²) in [6.07, 6.45) is -0.315. The maximum atomic E-state index is 13.2. The van der Waals surface area contributed by atoms with E-state index in [1.807, 2.05) is 25.1 Å². The molecule has 3 rings (SSSR count). The first-order valence-corrected chi connectivity index (χ1v) is 6.10. The average Bonchev–Trinajstić information content (AvgIpc) is 2.42. The zero-order valence-electron chi connectivity index (χ0n) is 10.4. The first kappa shape index (κ1) is 12.0. The van der Waals surface area contributed by atoms with Gasteiger partial charge in [-0.05, 0) is 36.2 Å². The number of hydrogen-bond acceptors (Lipinski definition) is 2. The van der Waals surface area contributed by atoms with Gasteiger partial charge >= 0.3 is 0 Å². The molecule has 0 spiro atoms. The predicted molar refractivity (Wildman–Crippen MR) is 69.4 cm³/mol. The molecule has 0 amide bonds. The van der Waals surface area contributed by atoms with E-state index in [9.17, 15) is 8.78 Å². The van der Waals surface area contributed by atoms with E-state index in [1.54, 1.807) is 6.07 Å². The molecule has 0 bridgehead atoms. The second-order valence-corrected chi connectivity index (χ2v) is 4.61. The topological polar surface area (TPSA) is 21.3 Å². The molecule has 0 saturated heterocycles. The Kier molecular flexibility index (Phi) is 2.85. The molecule has 0 radical (unpaired) electrons. The van der Waals surface area contributed by atoms with Crippen LogP contribution in [-0.2, 0) is 0 Å². The van der Waals surface area contributed by atoms with Crippen molar-refractivity contribution >= 4 is 5.69 Å². The quantitative estimate of drug-likeness (QED) is 0.842. The number of hydrogen-bond donors (Lipinski definition) is 1. The Morgan fingerprint density at radius 2 is 2.00 bits per heavy atom. The molecule has 2 aromatic carbocycles. The lowest BCUT2D eigenvalue weighted by molar-refractivity contribution is 0.209. The highest BCUT2D eigenvalue weighted by atomic mass is 19.2. The van der Waals surface area contributed by atoms with Gasteiger partial charge in [-0.1, -0.05) is 18.2 Å². The van der Waals surface area contributed by atoms with Gasteiger partial charge in [-0.15, -0.1) is 0 Å². The maximum Gasteiger partial charge on any atom is 0.159 e. The third-order valence-electron chi connectivity index (χ3n) is 3.28. The molecule has 0 aliphatic carbocycles. The smallest absolute Gasteiger partial charge is 0.159 e. The lowest BCUT2D eigenvalue weighted by atomic mass is 10.1. The Labute approximate surface area is 110 Å². The number of halogens is 2. The van der Waals surface area contributed by atoms with E-state index >= 15 is 0 Å². The minimum Gasteiger partial charge on any atom is -0.482 e. The first-order chi connectivity index (χ1) is 9.15.